The Morgan fingerprint density at radius 3 is 2.45 bits per heavy atom. The number of likely N-dealkylation sites (tertiary alicyclic amines) is 1. The van der Waals surface area contributed by atoms with Gasteiger partial charge < -0.3 is 19.9 Å². The zero-order chi connectivity index (χ0) is 14.5. The van der Waals surface area contributed by atoms with Crippen molar-refractivity contribution in [2.45, 2.75) is 44.7 Å². The molecule has 1 aliphatic carbocycles. The number of hydrogen-bond donors (Lipinski definition) is 1. The zero-order valence-corrected chi connectivity index (χ0v) is 12.4. The van der Waals surface area contributed by atoms with Crippen LogP contribution in [0.4, 0.5) is 4.79 Å². The molecule has 2 fully saturated rings. The molecule has 0 unspecified atom stereocenters. The summed E-state index contributed by atoms with van der Waals surface area (Å²) in [5.41, 5.74) is 0. The van der Waals surface area contributed by atoms with E-state index in [1.54, 1.807) is 4.90 Å². The van der Waals surface area contributed by atoms with Crippen LogP contribution in [0.25, 0.3) is 0 Å². The fourth-order valence-electron chi connectivity index (χ4n) is 2.50. The molecule has 0 bridgehead atoms. The normalized spacial score (nSPS) is 19.8. The summed E-state index contributed by atoms with van der Waals surface area (Å²) in [6.07, 6.45) is 3.80. The molecule has 1 saturated carbocycles. The van der Waals surface area contributed by atoms with E-state index in [0.29, 0.717) is 38.3 Å². The molecule has 1 aliphatic heterocycles. The third kappa shape index (κ3) is 4.10. The lowest BCUT2D eigenvalue weighted by atomic mass is 10.1. The topological polar surface area (TPSA) is 61.9 Å². The van der Waals surface area contributed by atoms with Gasteiger partial charge in [-0.2, -0.15) is 0 Å². The van der Waals surface area contributed by atoms with Gasteiger partial charge in [-0.05, 0) is 32.6 Å². The third-order valence-corrected chi connectivity index (χ3v) is 4.05. The second kappa shape index (κ2) is 6.92. The molecule has 0 aromatic carbocycles. The molecule has 0 spiro atoms. The number of ether oxygens (including phenoxy) is 1. The van der Waals surface area contributed by atoms with E-state index in [2.05, 4.69) is 5.32 Å². The van der Waals surface area contributed by atoms with Gasteiger partial charge in [0.05, 0.1) is 13.2 Å². The maximum atomic E-state index is 11.9. The SMILES string of the molecule is CCOC(=O)N1CCC(NCC(=O)N(C)C2CC2)CC1. The number of nitrogens with zero attached hydrogens (tertiary/aromatic N) is 2. The Morgan fingerprint density at radius 2 is 1.90 bits per heavy atom. The van der Waals surface area contributed by atoms with Crippen LogP contribution < -0.4 is 5.32 Å². The first-order chi connectivity index (χ1) is 9.61. The number of carbonyl (C=O) groups is 2. The number of rotatable bonds is 5. The van der Waals surface area contributed by atoms with Crippen molar-refractivity contribution in [1.82, 2.24) is 15.1 Å². The predicted molar refractivity (Wildman–Crippen MR) is 75.4 cm³/mol. The highest BCUT2D eigenvalue weighted by molar-refractivity contribution is 5.78. The molecule has 1 saturated heterocycles. The largest absolute Gasteiger partial charge is 0.450 e. The summed E-state index contributed by atoms with van der Waals surface area (Å²) in [7, 11) is 1.88. The van der Waals surface area contributed by atoms with E-state index in [1.165, 1.54) is 0 Å². The van der Waals surface area contributed by atoms with Gasteiger partial charge in [-0.1, -0.05) is 0 Å². The zero-order valence-electron chi connectivity index (χ0n) is 12.4. The summed E-state index contributed by atoms with van der Waals surface area (Å²) in [5.74, 6) is 0.167. The molecule has 2 rings (SSSR count). The van der Waals surface area contributed by atoms with Gasteiger partial charge >= 0.3 is 6.09 Å². The summed E-state index contributed by atoms with van der Waals surface area (Å²) in [6.45, 7) is 4.02. The molecule has 0 radical (unpaired) electrons. The minimum absolute atomic E-state index is 0.167. The van der Waals surface area contributed by atoms with E-state index in [4.69, 9.17) is 4.74 Å². The number of likely N-dealkylation sites (N-methyl/N-ethyl adjacent to an activating group) is 1. The molecular formula is C14H25N3O3. The molecule has 1 heterocycles. The number of amides is 2. The van der Waals surface area contributed by atoms with Crippen LogP contribution >= 0.6 is 0 Å². The summed E-state index contributed by atoms with van der Waals surface area (Å²) in [5, 5.41) is 3.31. The maximum absolute atomic E-state index is 11.9. The first-order valence-electron chi connectivity index (χ1n) is 7.52. The van der Waals surface area contributed by atoms with E-state index < -0.39 is 0 Å². The number of carbonyl (C=O) groups excluding carboxylic acids is 2. The summed E-state index contributed by atoms with van der Waals surface area (Å²) in [4.78, 5) is 27.1. The Hall–Kier alpha value is -1.30. The highest BCUT2D eigenvalue weighted by atomic mass is 16.6. The van der Waals surface area contributed by atoms with Gasteiger partial charge in [0, 0.05) is 32.2 Å². The lowest BCUT2D eigenvalue weighted by Crippen LogP contribution is -2.47. The van der Waals surface area contributed by atoms with Crippen LogP contribution in [0.1, 0.15) is 32.6 Å². The van der Waals surface area contributed by atoms with Crippen LogP contribution in [-0.4, -0.2) is 67.2 Å². The number of nitrogens with one attached hydrogen (secondary N) is 1. The molecule has 20 heavy (non-hydrogen) atoms. The molecule has 2 aliphatic rings. The van der Waals surface area contributed by atoms with E-state index in [0.717, 1.165) is 25.7 Å². The fraction of sp³-hybridized carbons (Fsp3) is 0.857. The van der Waals surface area contributed by atoms with Crippen molar-refractivity contribution in [2.24, 2.45) is 0 Å². The van der Waals surface area contributed by atoms with Crippen molar-refractivity contribution in [1.29, 1.82) is 0 Å². The number of hydrogen-bond acceptors (Lipinski definition) is 4. The van der Waals surface area contributed by atoms with Crippen LogP contribution in [0.15, 0.2) is 0 Å². The number of piperidine rings is 1. The first-order valence-corrected chi connectivity index (χ1v) is 7.52. The second-order valence-electron chi connectivity index (χ2n) is 5.58. The smallest absolute Gasteiger partial charge is 0.409 e. The molecule has 6 heteroatoms. The molecule has 1 N–H and O–H groups in total. The van der Waals surface area contributed by atoms with Crippen LogP contribution in [0.3, 0.4) is 0 Å². The monoisotopic (exact) mass is 283 g/mol. The van der Waals surface area contributed by atoms with Crippen LogP contribution in [0.5, 0.6) is 0 Å². The van der Waals surface area contributed by atoms with Gasteiger partial charge in [-0.3, -0.25) is 4.79 Å². The Morgan fingerprint density at radius 1 is 1.25 bits per heavy atom. The quantitative estimate of drug-likeness (QED) is 0.811. The Balaban J connectivity index is 1.64. The molecular weight excluding hydrogens is 258 g/mol. The molecule has 6 nitrogen and oxygen atoms in total. The summed E-state index contributed by atoms with van der Waals surface area (Å²) < 4.78 is 4.99. The van der Waals surface area contributed by atoms with Crippen molar-refractivity contribution in [3.63, 3.8) is 0 Å². The molecule has 0 atom stereocenters. The second-order valence-corrected chi connectivity index (χ2v) is 5.58. The highest BCUT2D eigenvalue weighted by Crippen LogP contribution is 2.25. The van der Waals surface area contributed by atoms with Gasteiger partial charge in [-0.25, -0.2) is 4.79 Å². The fourth-order valence-corrected chi connectivity index (χ4v) is 2.50. The average Bonchev–Trinajstić information content (AvgIpc) is 3.29. The first kappa shape index (κ1) is 15.1. The van der Waals surface area contributed by atoms with E-state index >= 15 is 0 Å². The van der Waals surface area contributed by atoms with Crippen molar-refractivity contribution >= 4 is 12.0 Å². The molecule has 2 amide bonds. The predicted octanol–water partition coefficient (Wildman–Crippen LogP) is 0.818. The van der Waals surface area contributed by atoms with Crippen molar-refractivity contribution in [2.75, 3.05) is 33.3 Å². The van der Waals surface area contributed by atoms with Crippen LogP contribution in [-0.2, 0) is 9.53 Å². The van der Waals surface area contributed by atoms with Gasteiger partial charge in [0.1, 0.15) is 0 Å². The van der Waals surface area contributed by atoms with Crippen molar-refractivity contribution in [3.05, 3.63) is 0 Å². The molecule has 0 aromatic rings. The van der Waals surface area contributed by atoms with E-state index in [1.807, 2.05) is 18.9 Å². The molecule has 114 valence electrons. The van der Waals surface area contributed by atoms with Crippen LogP contribution in [0.2, 0.25) is 0 Å². The van der Waals surface area contributed by atoms with Crippen molar-refractivity contribution in [3.8, 4) is 0 Å². The van der Waals surface area contributed by atoms with Gasteiger partial charge in [0.2, 0.25) is 5.91 Å². The Kier molecular flexibility index (Phi) is 5.23. The Labute approximate surface area is 120 Å². The Bertz CT molecular complexity index is 350. The van der Waals surface area contributed by atoms with E-state index in [-0.39, 0.29) is 12.0 Å². The minimum Gasteiger partial charge on any atom is -0.450 e. The van der Waals surface area contributed by atoms with E-state index in [9.17, 15) is 9.59 Å². The highest BCUT2D eigenvalue weighted by Gasteiger charge is 2.30. The minimum atomic E-state index is -0.226. The average molecular weight is 283 g/mol. The van der Waals surface area contributed by atoms with Crippen molar-refractivity contribution < 1.29 is 14.3 Å². The third-order valence-electron chi connectivity index (χ3n) is 4.05. The van der Waals surface area contributed by atoms with Crippen LogP contribution in [0, 0.1) is 0 Å². The maximum Gasteiger partial charge on any atom is 0.409 e. The van der Waals surface area contributed by atoms with Gasteiger partial charge in [0.25, 0.3) is 0 Å². The summed E-state index contributed by atoms with van der Waals surface area (Å²) in [6, 6.07) is 0.784. The molecule has 0 aromatic heterocycles. The van der Waals surface area contributed by atoms with Gasteiger partial charge in [0.15, 0.2) is 0 Å². The summed E-state index contributed by atoms with van der Waals surface area (Å²) >= 11 is 0. The van der Waals surface area contributed by atoms with Gasteiger partial charge in [-0.15, -0.1) is 0 Å². The standard InChI is InChI=1S/C14H25N3O3/c1-3-20-14(19)17-8-6-11(7-9-17)15-10-13(18)16(2)12-4-5-12/h11-12,15H,3-10H2,1-2H3. The lowest BCUT2D eigenvalue weighted by molar-refractivity contribution is -0.129. The lowest BCUT2D eigenvalue weighted by Gasteiger charge is -2.32.